The van der Waals surface area contributed by atoms with Crippen LogP contribution in [-0.4, -0.2) is 38.9 Å². The molecular weight excluding hydrogens is 412 g/mol. The van der Waals surface area contributed by atoms with E-state index in [0.717, 1.165) is 12.1 Å². The maximum atomic E-state index is 13.2. The van der Waals surface area contributed by atoms with Crippen LogP contribution < -0.4 is 5.73 Å². The molecule has 0 radical (unpaired) electrons. The van der Waals surface area contributed by atoms with Crippen molar-refractivity contribution in [3.63, 3.8) is 0 Å². The van der Waals surface area contributed by atoms with Gasteiger partial charge in [-0.3, -0.25) is 4.90 Å². The van der Waals surface area contributed by atoms with Crippen molar-refractivity contribution < 1.29 is 13.9 Å². The third-order valence-corrected chi connectivity index (χ3v) is 5.56. The minimum absolute atomic E-state index is 0.00537. The largest absolute Gasteiger partial charge is 0.387 e. The molecule has 1 aromatic carbocycles. The lowest BCUT2D eigenvalue weighted by Crippen LogP contribution is -2.30. The molecule has 0 aliphatic carbocycles. The number of aliphatic imine (C=N–C) groups is 1. The Labute approximate surface area is 186 Å². The Morgan fingerprint density at radius 3 is 2.78 bits per heavy atom. The Hall–Kier alpha value is -3.10. The van der Waals surface area contributed by atoms with Gasteiger partial charge in [0.25, 0.3) is 0 Å². The van der Waals surface area contributed by atoms with Gasteiger partial charge in [-0.15, -0.1) is 0 Å². The van der Waals surface area contributed by atoms with E-state index in [-0.39, 0.29) is 23.5 Å². The van der Waals surface area contributed by atoms with Crippen LogP contribution in [-0.2, 0) is 6.54 Å². The zero-order valence-corrected chi connectivity index (χ0v) is 18.3. The number of H-pyrrole nitrogens is 1. The second kappa shape index (κ2) is 10.5. The van der Waals surface area contributed by atoms with Crippen molar-refractivity contribution in [1.82, 2.24) is 14.9 Å². The zero-order chi connectivity index (χ0) is 23.3. The van der Waals surface area contributed by atoms with Crippen molar-refractivity contribution in [2.75, 3.05) is 13.1 Å². The van der Waals surface area contributed by atoms with E-state index in [1.807, 2.05) is 0 Å². The van der Waals surface area contributed by atoms with Crippen LogP contribution >= 0.6 is 0 Å². The summed E-state index contributed by atoms with van der Waals surface area (Å²) in [5.41, 5.74) is 8.12. The molecule has 0 saturated carbocycles. The highest BCUT2D eigenvalue weighted by Crippen LogP contribution is 2.26. The highest BCUT2D eigenvalue weighted by molar-refractivity contribution is 5.83. The van der Waals surface area contributed by atoms with Crippen molar-refractivity contribution in [3.8, 4) is 0 Å². The number of aliphatic hydroxyl groups is 1. The number of allylic oxidation sites excluding steroid dienone is 5. The number of amidine groups is 1. The van der Waals surface area contributed by atoms with Crippen molar-refractivity contribution in [2.24, 2.45) is 22.6 Å². The molecule has 1 aliphatic heterocycles. The van der Waals surface area contributed by atoms with Crippen molar-refractivity contribution >= 4 is 11.4 Å². The molecule has 0 spiro atoms. The van der Waals surface area contributed by atoms with Crippen LogP contribution in [0.15, 0.2) is 66.1 Å². The first-order valence-electron chi connectivity index (χ1n) is 10.5. The summed E-state index contributed by atoms with van der Waals surface area (Å²) in [6, 6.07) is 6.47. The van der Waals surface area contributed by atoms with Gasteiger partial charge >= 0.3 is 0 Å². The molecule has 32 heavy (non-hydrogen) atoms. The Bertz CT molecular complexity index is 1030. The van der Waals surface area contributed by atoms with Crippen LogP contribution in [0.1, 0.15) is 37.2 Å². The number of nitrogens with two attached hydrogens (primary N) is 1. The molecule has 2 aromatic rings. The highest BCUT2D eigenvalue weighted by atomic mass is 19.1. The van der Waals surface area contributed by atoms with Gasteiger partial charge in [-0.2, -0.15) is 0 Å². The van der Waals surface area contributed by atoms with Crippen LogP contribution in [0, 0.1) is 17.7 Å². The summed E-state index contributed by atoms with van der Waals surface area (Å²) < 4.78 is 26.4. The van der Waals surface area contributed by atoms with E-state index in [9.17, 15) is 13.9 Å². The van der Waals surface area contributed by atoms with Crippen molar-refractivity contribution in [1.29, 1.82) is 0 Å². The monoisotopic (exact) mass is 441 g/mol. The smallest absolute Gasteiger partial charge is 0.189 e. The average Bonchev–Trinajstić information content (AvgIpc) is 3.40. The van der Waals surface area contributed by atoms with Gasteiger partial charge < -0.3 is 15.8 Å². The fraction of sp³-hybridized carbons (Fsp3) is 0.333. The first-order chi connectivity index (χ1) is 15.3. The van der Waals surface area contributed by atoms with E-state index in [0.29, 0.717) is 36.0 Å². The lowest BCUT2D eigenvalue weighted by molar-refractivity contribution is 0.183. The lowest BCUT2D eigenvalue weighted by atomic mass is 9.97. The number of nitrogens with one attached hydrogen (secondary N) is 1. The summed E-state index contributed by atoms with van der Waals surface area (Å²) in [4.78, 5) is 13.6. The normalized spacial score (nSPS) is 21.4. The first kappa shape index (κ1) is 23.6. The van der Waals surface area contributed by atoms with Gasteiger partial charge in [-0.05, 0) is 42.7 Å². The van der Waals surface area contributed by atoms with Gasteiger partial charge in [-0.25, -0.2) is 18.8 Å². The number of aromatic amines is 1. The van der Waals surface area contributed by atoms with Crippen LogP contribution in [0.3, 0.4) is 0 Å². The third kappa shape index (κ3) is 5.99. The van der Waals surface area contributed by atoms with E-state index in [1.165, 1.54) is 36.6 Å². The number of likely N-dealkylation sites (tertiary alicyclic amines) is 1. The van der Waals surface area contributed by atoms with Gasteiger partial charge in [0.2, 0.25) is 0 Å². The number of benzene rings is 1. The van der Waals surface area contributed by atoms with Gasteiger partial charge in [0, 0.05) is 31.1 Å². The molecule has 4 N–H and O–H groups in total. The first-order valence-corrected chi connectivity index (χ1v) is 10.5. The summed E-state index contributed by atoms with van der Waals surface area (Å²) in [6.45, 7) is 9.77. The maximum absolute atomic E-state index is 13.2. The van der Waals surface area contributed by atoms with Gasteiger partial charge in [0.15, 0.2) is 6.23 Å². The van der Waals surface area contributed by atoms with E-state index in [1.54, 1.807) is 19.1 Å². The Balaban J connectivity index is 1.62. The molecule has 170 valence electrons. The van der Waals surface area contributed by atoms with Gasteiger partial charge in [-0.1, -0.05) is 31.7 Å². The summed E-state index contributed by atoms with van der Waals surface area (Å²) in [5, 5.41) is 10.5. The maximum Gasteiger partial charge on any atom is 0.189 e. The molecule has 8 heteroatoms. The molecule has 3 unspecified atom stereocenters. The highest BCUT2D eigenvalue weighted by Gasteiger charge is 2.32. The summed E-state index contributed by atoms with van der Waals surface area (Å²) >= 11 is 0. The lowest BCUT2D eigenvalue weighted by Gasteiger charge is -2.16. The molecular formula is C24H29F2N5O. The number of aromatic nitrogens is 2. The Morgan fingerprint density at radius 2 is 2.09 bits per heavy atom. The second-order valence-corrected chi connectivity index (χ2v) is 8.05. The van der Waals surface area contributed by atoms with E-state index in [4.69, 9.17) is 5.73 Å². The zero-order valence-electron chi connectivity index (χ0n) is 18.3. The quantitative estimate of drug-likeness (QED) is 0.327. The molecule has 1 aliphatic rings. The van der Waals surface area contributed by atoms with Crippen molar-refractivity contribution in [3.05, 3.63) is 84.0 Å². The number of halogens is 2. The number of aliphatic hydroxyl groups excluding tert-OH is 1. The standard InChI is InChI=1S/C24H29F2N5O/c1-4-18(25)8-5-15(2)23-28-11-21(29-23)24(32)30-22(27)20-14-31(12-16(20)3)13-17-6-9-19(26)10-7-17/h4-11,16,20,24,32H,2,12-14H2,1,3H3,(H2,27,30)(H,28,29)/b8-5-,18-4+. The molecule has 0 bridgehead atoms. The summed E-state index contributed by atoms with van der Waals surface area (Å²) in [6.07, 6.45) is 4.39. The number of rotatable bonds is 8. The predicted octanol–water partition coefficient (Wildman–Crippen LogP) is 4.11. The topological polar surface area (TPSA) is 90.5 Å². The number of hydrogen-bond acceptors (Lipinski definition) is 4. The Morgan fingerprint density at radius 1 is 1.38 bits per heavy atom. The minimum Gasteiger partial charge on any atom is -0.387 e. The molecule has 3 rings (SSSR count). The molecule has 3 atom stereocenters. The second-order valence-electron chi connectivity index (χ2n) is 8.05. The molecule has 1 saturated heterocycles. The number of imidazole rings is 1. The molecule has 2 heterocycles. The van der Waals surface area contributed by atoms with Crippen molar-refractivity contribution in [2.45, 2.75) is 26.6 Å². The van der Waals surface area contributed by atoms with Crippen LogP contribution in [0.5, 0.6) is 0 Å². The van der Waals surface area contributed by atoms with E-state index in [2.05, 4.69) is 33.4 Å². The predicted molar refractivity (Wildman–Crippen MR) is 123 cm³/mol. The van der Waals surface area contributed by atoms with Gasteiger partial charge in [0.1, 0.15) is 23.3 Å². The fourth-order valence-electron chi connectivity index (χ4n) is 3.72. The number of nitrogens with zero attached hydrogens (tertiary/aromatic N) is 3. The molecule has 6 nitrogen and oxygen atoms in total. The fourth-order valence-corrected chi connectivity index (χ4v) is 3.72. The molecule has 1 fully saturated rings. The van der Waals surface area contributed by atoms with Crippen LogP contribution in [0.25, 0.3) is 5.57 Å². The summed E-state index contributed by atoms with van der Waals surface area (Å²) in [5.74, 6) is 0.404. The molecule has 1 aromatic heterocycles. The SMILES string of the molecule is C=C(/C=C\C(F)=C/C)c1ncc(C(O)N=C(N)C2CN(Cc3ccc(F)cc3)CC2C)[nH]1. The van der Waals surface area contributed by atoms with E-state index >= 15 is 0 Å². The Kier molecular flexibility index (Phi) is 7.71. The molecule has 0 amide bonds. The van der Waals surface area contributed by atoms with Crippen LogP contribution in [0.4, 0.5) is 8.78 Å². The van der Waals surface area contributed by atoms with E-state index < -0.39 is 6.23 Å². The van der Waals surface area contributed by atoms with Crippen LogP contribution in [0.2, 0.25) is 0 Å². The average molecular weight is 442 g/mol. The minimum atomic E-state index is -1.20. The third-order valence-electron chi connectivity index (χ3n) is 5.56. The summed E-state index contributed by atoms with van der Waals surface area (Å²) in [7, 11) is 0. The number of hydrogen-bond donors (Lipinski definition) is 3. The van der Waals surface area contributed by atoms with Gasteiger partial charge in [0.05, 0.1) is 11.9 Å².